The van der Waals surface area contributed by atoms with Crippen molar-refractivity contribution in [3.8, 4) is 0 Å². The highest BCUT2D eigenvalue weighted by Gasteiger charge is 2.34. The van der Waals surface area contributed by atoms with Crippen molar-refractivity contribution in [2.45, 2.75) is 53.9 Å². The number of allylic oxidation sites excluding steroid dienone is 5. The van der Waals surface area contributed by atoms with Crippen LogP contribution in [0.2, 0.25) is 0 Å². The minimum Gasteiger partial charge on any atom is -0.0991 e. The zero-order valence-corrected chi connectivity index (χ0v) is 18.8. The van der Waals surface area contributed by atoms with Gasteiger partial charge in [-0.2, -0.15) is 0 Å². The molecular formula is C26H35Cl. The van der Waals surface area contributed by atoms with E-state index < -0.39 is 0 Å². The van der Waals surface area contributed by atoms with Crippen LogP contribution in [-0.4, -0.2) is 0 Å². The molecule has 146 valence electrons. The second-order valence-electron chi connectivity index (χ2n) is 5.81. The van der Waals surface area contributed by atoms with Crippen molar-refractivity contribution in [1.29, 1.82) is 0 Å². The monoisotopic (exact) mass is 382 g/mol. The van der Waals surface area contributed by atoms with Crippen LogP contribution < -0.4 is 0 Å². The number of rotatable bonds is 5. The maximum atomic E-state index is 6.57. The summed E-state index contributed by atoms with van der Waals surface area (Å²) in [7, 11) is 0. The Hall–Kier alpha value is -2.05. The van der Waals surface area contributed by atoms with E-state index in [0.29, 0.717) is 0 Å². The van der Waals surface area contributed by atoms with E-state index in [1.165, 1.54) is 16.7 Å². The van der Waals surface area contributed by atoms with Gasteiger partial charge in [0.1, 0.15) is 0 Å². The SMILES string of the molecule is C=C/C=C(\C(Cl)=C/C)C(C)(c1ccccc1)c1ccc(C)cc1.CC.CC. The number of halogens is 1. The second-order valence-corrected chi connectivity index (χ2v) is 6.22. The van der Waals surface area contributed by atoms with Gasteiger partial charge in [-0.1, -0.05) is 124 Å². The largest absolute Gasteiger partial charge is 0.0991 e. The van der Waals surface area contributed by atoms with Crippen molar-refractivity contribution in [2.24, 2.45) is 0 Å². The third-order valence-electron chi connectivity index (χ3n) is 4.31. The standard InChI is InChI=1S/C22H23Cl.2C2H6/c1-5-10-20(21(23)6-2)22(4,18-11-8-7-9-12-18)19-15-13-17(3)14-16-19;2*1-2/h5-16H,1H2,2-4H3;2*1-2H3/b20-10+,21-6+;;. The van der Waals surface area contributed by atoms with Gasteiger partial charge in [0.2, 0.25) is 0 Å². The van der Waals surface area contributed by atoms with Crippen LogP contribution in [0.1, 0.15) is 58.2 Å². The van der Waals surface area contributed by atoms with E-state index in [2.05, 4.69) is 69.0 Å². The highest BCUT2D eigenvalue weighted by Crippen LogP contribution is 2.43. The molecule has 0 aliphatic carbocycles. The zero-order chi connectivity index (χ0) is 20.9. The fourth-order valence-electron chi connectivity index (χ4n) is 2.89. The van der Waals surface area contributed by atoms with Crippen LogP contribution in [0.3, 0.4) is 0 Å². The minimum absolute atomic E-state index is 0.341. The Kier molecular flexibility index (Phi) is 12.2. The maximum absolute atomic E-state index is 6.57. The van der Waals surface area contributed by atoms with E-state index in [9.17, 15) is 0 Å². The summed E-state index contributed by atoms with van der Waals surface area (Å²) < 4.78 is 0. The predicted molar refractivity (Wildman–Crippen MR) is 125 cm³/mol. The van der Waals surface area contributed by atoms with Gasteiger partial charge >= 0.3 is 0 Å². The molecule has 0 saturated heterocycles. The lowest BCUT2D eigenvalue weighted by Crippen LogP contribution is -2.27. The molecule has 0 N–H and O–H groups in total. The van der Waals surface area contributed by atoms with Crippen LogP contribution in [0.5, 0.6) is 0 Å². The van der Waals surface area contributed by atoms with E-state index >= 15 is 0 Å². The molecule has 0 fully saturated rings. The molecule has 1 atom stereocenters. The van der Waals surface area contributed by atoms with E-state index in [4.69, 9.17) is 11.6 Å². The zero-order valence-electron chi connectivity index (χ0n) is 18.0. The van der Waals surface area contributed by atoms with Crippen LogP contribution in [0.4, 0.5) is 0 Å². The molecule has 1 unspecified atom stereocenters. The summed E-state index contributed by atoms with van der Waals surface area (Å²) in [5, 5.41) is 0.747. The average Bonchev–Trinajstić information content (AvgIpc) is 2.75. The highest BCUT2D eigenvalue weighted by molar-refractivity contribution is 6.32. The van der Waals surface area contributed by atoms with Gasteiger partial charge < -0.3 is 0 Å². The molecule has 1 heteroatoms. The Morgan fingerprint density at radius 3 is 1.81 bits per heavy atom. The number of hydrogen-bond donors (Lipinski definition) is 0. The lowest BCUT2D eigenvalue weighted by molar-refractivity contribution is 0.687. The van der Waals surface area contributed by atoms with E-state index in [0.717, 1.165) is 10.6 Å². The Morgan fingerprint density at radius 2 is 1.37 bits per heavy atom. The van der Waals surface area contributed by atoms with Gasteiger partial charge in [-0.05, 0) is 37.5 Å². The summed E-state index contributed by atoms with van der Waals surface area (Å²) in [5.41, 5.74) is 4.37. The molecule has 2 aromatic rings. The maximum Gasteiger partial charge on any atom is 0.0437 e. The topological polar surface area (TPSA) is 0 Å². The predicted octanol–water partition coefficient (Wildman–Crippen LogP) is 8.61. The van der Waals surface area contributed by atoms with Crippen molar-refractivity contribution < 1.29 is 0 Å². The summed E-state index contributed by atoms with van der Waals surface area (Å²) in [5.74, 6) is 0. The van der Waals surface area contributed by atoms with Gasteiger partial charge in [0.05, 0.1) is 0 Å². The molecule has 2 aromatic carbocycles. The first kappa shape index (κ1) is 24.9. The molecule has 0 amide bonds. The number of hydrogen-bond acceptors (Lipinski definition) is 0. The molecule has 0 aliphatic rings. The minimum atomic E-state index is -0.341. The van der Waals surface area contributed by atoms with E-state index in [1.54, 1.807) is 6.08 Å². The molecule has 0 saturated carbocycles. The second kappa shape index (κ2) is 13.2. The molecule has 27 heavy (non-hydrogen) atoms. The van der Waals surface area contributed by atoms with Gasteiger partial charge in [-0.3, -0.25) is 0 Å². The highest BCUT2D eigenvalue weighted by atomic mass is 35.5. The molecule has 2 rings (SSSR count). The Bertz CT molecular complexity index is 721. The van der Waals surface area contributed by atoms with Gasteiger partial charge in [0, 0.05) is 10.4 Å². The van der Waals surface area contributed by atoms with Gasteiger partial charge in [0.25, 0.3) is 0 Å². The summed E-state index contributed by atoms with van der Waals surface area (Å²) >= 11 is 6.57. The van der Waals surface area contributed by atoms with Crippen molar-refractivity contribution in [3.05, 3.63) is 107 Å². The first-order chi connectivity index (χ1) is 13.0. The number of aryl methyl sites for hydroxylation is 1. The molecule has 0 spiro atoms. The van der Waals surface area contributed by atoms with Crippen LogP contribution in [0.15, 0.2) is 90.0 Å². The molecule has 0 nitrogen and oxygen atoms in total. The lowest BCUT2D eigenvalue weighted by Gasteiger charge is -2.34. The van der Waals surface area contributed by atoms with Gasteiger partial charge in [-0.25, -0.2) is 0 Å². The summed E-state index contributed by atoms with van der Waals surface area (Å²) in [6.45, 7) is 18.1. The number of benzene rings is 2. The molecular weight excluding hydrogens is 348 g/mol. The first-order valence-electron chi connectivity index (χ1n) is 9.82. The fourth-order valence-corrected chi connectivity index (χ4v) is 3.15. The van der Waals surface area contributed by atoms with Crippen LogP contribution in [0, 0.1) is 6.92 Å². The quantitative estimate of drug-likeness (QED) is 0.454. The molecule has 0 bridgehead atoms. The molecule has 0 aromatic heterocycles. The fraction of sp³-hybridized carbons (Fsp3) is 0.308. The smallest absolute Gasteiger partial charge is 0.0437 e. The summed E-state index contributed by atoms with van der Waals surface area (Å²) in [6, 6.07) is 19.1. The Morgan fingerprint density at radius 1 is 0.889 bits per heavy atom. The average molecular weight is 383 g/mol. The van der Waals surface area contributed by atoms with Crippen molar-refractivity contribution in [3.63, 3.8) is 0 Å². The third-order valence-corrected chi connectivity index (χ3v) is 4.74. The van der Waals surface area contributed by atoms with E-state index in [-0.39, 0.29) is 5.41 Å². The molecule has 0 aliphatic heterocycles. The van der Waals surface area contributed by atoms with Crippen molar-refractivity contribution in [2.75, 3.05) is 0 Å². The third kappa shape index (κ3) is 6.26. The lowest BCUT2D eigenvalue weighted by atomic mass is 9.70. The van der Waals surface area contributed by atoms with Crippen molar-refractivity contribution in [1.82, 2.24) is 0 Å². The first-order valence-corrected chi connectivity index (χ1v) is 10.2. The van der Waals surface area contributed by atoms with Gasteiger partial charge in [0.15, 0.2) is 0 Å². The van der Waals surface area contributed by atoms with Gasteiger partial charge in [-0.15, -0.1) is 0 Å². The normalized spacial score (nSPS) is 13.3. The summed E-state index contributed by atoms with van der Waals surface area (Å²) in [4.78, 5) is 0. The molecule has 0 radical (unpaired) electrons. The van der Waals surface area contributed by atoms with Crippen LogP contribution >= 0.6 is 11.6 Å². The molecule has 0 heterocycles. The summed E-state index contributed by atoms with van der Waals surface area (Å²) in [6.07, 6.45) is 5.75. The Labute approximate surface area is 172 Å². The van der Waals surface area contributed by atoms with Crippen LogP contribution in [-0.2, 0) is 5.41 Å². The van der Waals surface area contributed by atoms with E-state index in [1.807, 2.05) is 52.8 Å². The van der Waals surface area contributed by atoms with Crippen LogP contribution in [0.25, 0.3) is 0 Å². The Balaban J connectivity index is 0.00000158. The van der Waals surface area contributed by atoms with Crippen molar-refractivity contribution >= 4 is 11.6 Å².